The van der Waals surface area contributed by atoms with Crippen LogP contribution in [0.15, 0.2) is 200 Å². The first kappa shape index (κ1) is 53.1. The van der Waals surface area contributed by atoms with Gasteiger partial charge in [-0.25, -0.2) is 0 Å². The van der Waals surface area contributed by atoms with E-state index in [1.807, 2.05) is 11.3 Å². The molecular weight excluding hydrogens is 986 g/mol. The van der Waals surface area contributed by atoms with E-state index in [2.05, 4.69) is 312 Å². The Kier molecular flexibility index (Phi) is 13.0. The molecule has 3 nitrogen and oxygen atoms in total. The van der Waals surface area contributed by atoms with E-state index in [-0.39, 0.29) is 34.3 Å². The lowest BCUT2D eigenvalue weighted by Crippen LogP contribution is -2.60. The highest BCUT2D eigenvalue weighted by molar-refractivity contribution is 7.33. The standard InChI is InChI=1S/C75H76BN3S/c1-48(2)51-43-66-69-67(44-51)79(64-41-33-54(74(9,10)11)45-60(64)50-25-19-16-20-26-50)65-47-58(77(56-35-29-52(30-36-56)72(3,4)5)63-28-22-21-27-59(63)49-23-17-15-18-24-49)39-40-62(65)76(69)71-70(61-46-55(75(12,13)14)34-42-68(61)80-71)78(66)57-37-31-53(32-38-57)73(6,7)8/h15-48H,1-14H3. The van der Waals surface area contributed by atoms with E-state index in [9.17, 15) is 0 Å². The molecule has 0 saturated heterocycles. The zero-order valence-electron chi connectivity index (χ0n) is 49.5. The number of hydrogen-bond acceptors (Lipinski definition) is 4. The Morgan fingerprint density at radius 3 is 1.54 bits per heavy atom. The van der Waals surface area contributed by atoms with Crippen molar-refractivity contribution in [3.05, 3.63) is 228 Å². The number of fused-ring (bicyclic) bond motifs is 6. The highest BCUT2D eigenvalue weighted by Gasteiger charge is 2.46. The van der Waals surface area contributed by atoms with Crippen molar-refractivity contribution in [1.29, 1.82) is 0 Å². The average molecular weight is 1060 g/mol. The summed E-state index contributed by atoms with van der Waals surface area (Å²) in [6.45, 7) is 32.5. The first-order chi connectivity index (χ1) is 38.0. The van der Waals surface area contributed by atoms with E-state index < -0.39 is 0 Å². The van der Waals surface area contributed by atoms with Crippen LogP contribution >= 0.6 is 11.3 Å². The quantitative estimate of drug-likeness (QED) is 0.140. The smallest absolute Gasteiger partial charge is 0.264 e. The van der Waals surface area contributed by atoms with Gasteiger partial charge in [-0.15, -0.1) is 11.3 Å². The molecule has 0 spiro atoms. The van der Waals surface area contributed by atoms with Gasteiger partial charge >= 0.3 is 0 Å². The highest BCUT2D eigenvalue weighted by atomic mass is 32.1. The van der Waals surface area contributed by atoms with E-state index in [0.717, 1.165) is 22.7 Å². The summed E-state index contributed by atoms with van der Waals surface area (Å²) in [7, 11) is 0. The van der Waals surface area contributed by atoms with E-state index in [1.165, 1.54) is 104 Å². The number of anilines is 9. The molecule has 80 heavy (non-hydrogen) atoms. The summed E-state index contributed by atoms with van der Waals surface area (Å²) < 4.78 is 2.69. The van der Waals surface area contributed by atoms with Crippen molar-refractivity contribution in [3.8, 4) is 22.3 Å². The van der Waals surface area contributed by atoms with Crippen molar-refractivity contribution < 1.29 is 0 Å². The van der Waals surface area contributed by atoms with Crippen molar-refractivity contribution >= 4 is 95.0 Å². The molecule has 5 heteroatoms. The summed E-state index contributed by atoms with van der Waals surface area (Å²) >= 11 is 1.98. The summed E-state index contributed by atoms with van der Waals surface area (Å²) in [5.41, 5.74) is 24.5. The maximum atomic E-state index is 2.66. The number of hydrogen-bond donors (Lipinski definition) is 0. The Morgan fingerprint density at radius 1 is 0.425 bits per heavy atom. The van der Waals surface area contributed by atoms with Gasteiger partial charge in [-0.1, -0.05) is 218 Å². The number of thiophene rings is 1. The van der Waals surface area contributed by atoms with Gasteiger partial charge < -0.3 is 14.7 Å². The molecular formula is C75H76BN3S. The summed E-state index contributed by atoms with van der Waals surface area (Å²) in [5.74, 6) is 0.251. The fourth-order valence-electron chi connectivity index (χ4n) is 12.2. The fraction of sp³-hybridized carbons (Fsp3) is 0.253. The molecule has 0 atom stereocenters. The zero-order chi connectivity index (χ0) is 56.2. The minimum atomic E-state index is -0.0699. The Labute approximate surface area is 481 Å². The first-order valence-electron chi connectivity index (χ1n) is 28.9. The molecule has 2 aliphatic heterocycles. The molecule has 10 aromatic rings. The van der Waals surface area contributed by atoms with Crippen molar-refractivity contribution in [3.63, 3.8) is 0 Å². The van der Waals surface area contributed by atoms with Gasteiger partial charge in [0.15, 0.2) is 0 Å². The molecule has 9 aromatic carbocycles. The van der Waals surface area contributed by atoms with Gasteiger partial charge in [0.25, 0.3) is 6.71 Å². The lowest BCUT2D eigenvalue weighted by atomic mass is 9.36. The molecule has 0 fully saturated rings. The lowest BCUT2D eigenvalue weighted by Gasteiger charge is -2.44. The molecule has 0 unspecified atom stereocenters. The molecule has 0 saturated carbocycles. The van der Waals surface area contributed by atoms with Gasteiger partial charge in [0.05, 0.1) is 17.1 Å². The van der Waals surface area contributed by atoms with Crippen LogP contribution < -0.4 is 30.4 Å². The predicted molar refractivity (Wildman–Crippen MR) is 350 cm³/mol. The second-order valence-corrected chi connectivity index (χ2v) is 28.0. The van der Waals surface area contributed by atoms with Crippen LogP contribution in [0.3, 0.4) is 0 Å². The SMILES string of the molecule is CC(C)c1cc2c3c(c1)N(c1ccc(C(C)(C)C)cc1)c1c(sc4ccc(C(C)(C)C)cc14)B3c1ccc(N(c3ccc(C(C)(C)C)cc3)c3ccccc3-c3ccccc3)cc1N2c1ccc(C(C)(C)C)cc1-c1ccccc1. The predicted octanol–water partition coefficient (Wildman–Crippen LogP) is 20.1. The van der Waals surface area contributed by atoms with Crippen LogP contribution in [0.25, 0.3) is 32.3 Å². The van der Waals surface area contributed by atoms with Crippen LogP contribution in [-0.4, -0.2) is 6.71 Å². The van der Waals surface area contributed by atoms with Gasteiger partial charge in [-0.05, 0) is 156 Å². The van der Waals surface area contributed by atoms with Gasteiger partial charge in [0, 0.05) is 60.1 Å². The van der Waals surface area contributed by atoms with Gasteiger partial charge in [0.2, 0.25) is 0 Å². The monoisotopic (exact) mass is 1060 g/mol. The zero-order valence-corrected chi connectivity index (χ0v) is 50.3. The van der Waals surface area contributed by atoms with E-state index >= 15 is 0 Å². The number of rotatable bonds is 8. The van der Waals surface area contributed by atoms with Crippen molar-refractivity contribution in [1.82, 2.24) is 0 Å². The second-order valence-electron chi connectivity index (χ2n) is 26.9. The largest absolute Gasteiger partial charge is 0.311 e. The molecule has 0 N–H and O–H groups in total. The van der Waals surface area contributed by atoms with Crippen LogP contribution in [0.4, 0.5) is 51.2 Å². The Morgan fingerprint density at radius 2 is 0.938 bits per heavy atom. The van der Waals surface area contributed by atoms with Crippen molar-refractivity contribution in [2.45, 2.75) is 125 Å². The third-order valence-corrected chi connectivity index (χ3v) is 18.1. The minimum absolute atomic E-state index is 0.00290. The van der Waals surface area contributed by atoms with E-state index in [4.69, 9.17) is 0 Å². The molecule has 0 amide bonds. The van der Waals surface area contributed by atoms with E-state index in [1.54, 1.807) is 0 Å². The number of nitrogens with zero attached hydrogens (tertiary/aromatic N) is 3. The highest BCUT2D eigenvalue weighted by Crippen LogP contribution is 2.53. The number of benzene rings is 9. The van der Waals surface area contributed by atoms with Gasteiger partial charge in [0.1, 0.15) is 0 Å². The molecule has 400 valence electrons. The maximum Gasteiger partial charge on any atom is 0.264 e. The summed E-state index contributed by atoms with van der Waals surface area (Å²) in [4.78, 5) is 7.81. The molecule has 3 heterocycles. The van der Waals surface area contributed by atoms with Gasteiger partial charge in [-0.2, -0.15) is 0 Å². The summed E-state index contributed by atoms with van der Waals surface area (Å²) in [6.07, 6.45) is 0. The molecule has 1 aromatic heterocycles. The molecule has 0 radical (unpaired) electrons. The van der Waals surface area contributed by atoms with Crippen LogP contribution in [0.1, 0.15) is 131 Å². The lowest BCUT2D eigenvalue weighted by molar-refractivity contribution is 0.590. The maximum absolute atomic E-state index is 2.66. The summed E-state index contributed by atoms with van der Waals surface area (Å²) in [6, 6.07) is 76.7. The fourth-order valence-corrected chi connectivity index (χ4v) is 13.5. The minimum Gasteiger partial charge on any atom is -0.311 e. The molecule has 0 bridgehead atoms. The Hall–Kier alpha value is -7.60. The van der Waals surface area contributed by atoms with Crippen molar-refractivity contribution in [2.75, 3.05) is 14.7 Å². The van der Waals surface area contributed by atoms with Crippen molar-refractivity contribution in [2.24, 2.45) is 0 Å². The Bertz CT molecular complexity index is 3950. The first-order valence-corrected chi connectivity index (χ1v) is 29.7. The average Bonchev–Trinajstić information content (AvgIpc) is 1.91. The molecule has 0 aliphatic carbocycles. The topological polar surface area (TPSA) is 9.72 Å². The van der Waals surface area contributed by atoms with Crippen LogP contribution in [0.2, 0.25) is 0 Å². The van der Waals surface area contributed by atoms with E-state index in [0.29, 0.717) is 0 Å². The second kappa shape index (κ2) is 19.6. The normalized spacial score (nSPS) is 13.4. The summed E-state index contributed by atoms with van der Waals surface area (Å²) in [5, 5.41) is 1.31. The third kappa shape index (κ3) is 9.35. The Balaban J connectivity index is 1.21. The molecule has 2 aliphatic rings. The van der Waals surface area contributed by atoms with Crippen LogP contribution in [0, 0.1) is 0 Å². The van der Waals surface area contributed by atoms with Crippen LogP contribution in [0.5, 0.6) is 0 Å². The third-order valence-electron chi connectivity index (χ3n) is 16.9. The van der Waals surface area contributed by atoms with Crippen LogP contribution in [-0.2, 0) is 21.7 Å². The van der Waals surface area contributed by atoms with Gasteiger partial charge in [-0.3, -0.25) is 0 Å². The molecule has 12 rings (SSSR count). The number of para-hydroxylation sites is 1.